The van der Waals surface area contributed by atoms with Crippen LogP contribution in [0.3, 0.4) is 0 Å². The van der Waals surface area contributed by atoms with E-state index in [0.29, 0.717) is 38.4 Å². The van der Waals surface area contributed by atoms with Gasteiger partial charge in [0.05, 0.1) is 19.4 Å². The third-order valence-corrected chi connectivity index (χ3v) is 5.39. The van der Waals surface area contributed by atoms with Crippen LogP contribution < -0.4 is 5.32 Å². The standard InChI is InChI=1S/C16H23N5O4S/c1-3-17-15(22)6-13-11-25-5-4-20(13)9-12-7-18-16-14(26(2,23)24)8-19-21(16)10-12/h7-8,10,13H,3-6,9,11H2,1-2H3,(H,17,22)/t13-/m1/s1. The second kappa shape index (κ2) is 7.68. The molecule has 1 fully saturated rings. The van der Waals surface area contributed by atoms with E-state index in [9.17, 15) is 13.2 Å². The Morgan fingerprint density at radius 2 is 2.23 bits per heavy atom. The van der Waals surface area contributed by atoms with Crippen molar-refractivity contribution in [3.63, 3.8) is 0 Å². The van der Waals surface area contributed by atoms with Crippen molar-refractivity contribution in [2.75, 3.05) is 32.6 Å². The van der Waals surface area contributed by atoms with Crippen molar-refractivity contribution in [3.8, 4) is 0 Å². The molecular formula is C16H23N5O4S. The fourth-order valence-corrected chi connectivity index (χ4v) is 3.75. The summed E-state index contributed by atoms with van der Waals surface area (Å²) in [5.74, 6) is 0.00597. The molecule has 0 saturated carbocycles. The molecule has 1 atom stereocenters. The summed E-state index contributed by atoms with van der Waals surface area (Å²) in [4.78, 5) is 18.5. The number of carbonyl (C=O) groups is 1. The summed E-state index contributed by atoms with van der Waals surface area (Å²) >= 11 is 0. The van der Waals surface area contributed by atoms with Gasteiger partial charge in [0.1, 0.15) is 4.90 Å². The minimum atomic E-state index is -3.37. The van der Waals surface area contributed by atoms with Crippen LogP contribution in [0.1, 0.15) is 18.9 Å². The van der Waals surface area contributed by atoms with Crippen molar-refractivity contribution < 1.29 is 17.9 Å². The summed E-state index contributed by atoms with van der Waals surface area (Å²) in [6.45, 7) is 4.92. The molecule has 1 aliphatic heterocycles. The lowest BCUT2D eigenvalue weighted by molar-refractivity contribution is -0.124. The van der Waals surface area contributed by atoms with Crippen molar-refractivity contribution in [3.05, 3.63) is 24.2 Å². The van der Waals surface area contributed by atoms with Gasteiger partial charge in [-0.3, -0.25) is 9.69 Å². The Morgan fingerprint density at radius 3 is 2.96 bits per heavy atom. The molecule has 3 heterocycles. The Balaban J connectivity index is 1.77. The lowest BCUT2D eigenvalue weighted by Crippen LogP contribution is -2.47. The van der Waals surface area contributed by atoms with Crippen molar-refractivity contribution in [1.82, 2.24) is 24.8 Å². The third-order valence-electron chi connectivity index (χ3n) is 4.31. The first-order valence-electron chi connectivity index (χ1n) is 8.49. The monoisotopic (exact) mass is 381 g/mol. The van der Waals surface area contributed by atoms with E-state index in [0.717, 1.165) is 18.4 Å². The number of fused-ring (bicyclic) bond motifs is 1. The maximum atomic E-state index is 11.9. The first-order chi connectivity index (χ1) is 12.4. The van der Waals surface area contributed by atoms with Gasteiger partial charge >= 0.3 is 0 Å². The molecule has 9 nitrogen and oxygen atoms in total. The Bertz CT molecular complexity index is 895. The van der Waals surface area contributed by atoms with Gasteiger partial charge in [0.25, 0.3) is 0 Å². The van der Waals surface area contributed by atoms with Crippen LogP contribution in [0.15, 0.2) is 23.5 Å². The SMILES string of the molecule is CCNC(=O)C[C@@H]1COCCN1Cc1cnc2c(S(C)(=O)=O)cnn2c1. The number of carbonyl (C=O) groups excluding carboxylic acids is 1. The largest absolute Gasteiger partial charge is 0.378 e. The van der Waals surface area contributed by atoms with Crippen LogP contribution in [0.25, 0.3) is 5.65 Å². The molecule has 1 N–H and O–H groups in total. The topological polar surface area (TPSA) is 106 Å². The third kappa shape index (κ3) is 4.19. The normalized spacial score (nSPS) is 18.9. The van der Waals surface area contributed by atoms with Crippen molar-refractivity contribution in [1.29, 1.82) is 0 Å². The first kappa shape index (κ1) is 18.7. The summed E-state index contributed by atoms with van der Waals surface area (Å²) in [7, 11) is -3.37. The Morgan fingerprint density at radius 1 is 1.42 bits per heavy atom. The van der Waals surface area contributed by atoms with Crippen molar-refractivity contribution >= 4 is 21.4 Å². The molecule has 0 radical (unpaired) electrons. The van der Waals surface area contributed by atoms with Crippen molar-refractivity contribution in [2.24, 2.45) is 0 Å². The zero-order valence-corrected chi connectivity index (χ0v) is 15.7. The van der Waals surface area contributed by atoms with E-state index in [-0.39, 0.29) is 16.8 Å². The minimum absolute atomic E-state index is 0.00445. The fourth-order valence-electron chi connectivity index (χ4n) is 3.04. The number of nitrogens with one attached hydrogen (secondary N) is 1. The predicted molar refractivity (Wildman–Crippen MR) is 94.4 cm³/mol. The van der Waals surface area contributed by atoms with E-state index in [2.05, 4.69) is 20.3 Å². The quantitative estimate of drug-likeness (QED) is 0.742. The molecule has 142 valence electrons. The van der Waals surface area contributed by atoms with Crippen molar-refractivity contribution in [2.45, 2.75) is 30.8 Å². The molecule has 0 aliphatic carbocycles. The average Bonchev–Trinajstić information content (AvgIpc) is 3.00. The maximum Gasteiger partial charge on any atom is 0.221 e. The van der Waals surface area contributed by atoms with Gasteiger partial charge in [0.15, 0.2) is 15.5 Å². The Hall–Kier alpha value is -2.04. The predicted octanol–water partition coefficient (Wildman–Crippen LogP) is -0.140. The molecule has 0 aromatic carbocycles. The van der Waals surface area contributed by atoms with Gasteiger partial charge in [-0.2, -0.15) is 5.10 Å². The van der Waals surface area contributed by atoms with E-state index in [1.54, 1.807) is 12.4 Å². The van der Waals surface area contributed by atoms with Gasteiger partial charge in [0.2, 0.25) is 5.91 Å². The number of nitrogens with zero attached hydrogens (tertiary/aromatic N) is 4. The highest BCUT2D eigenvalue weighted by Gasteiger charge is 2.25. The molecule has 10 heteroatoms. The highest BCUT2D eigenvalue weighted by molar-refractivity contribution is 7.90. The zero-order chi connectivity index (χ0) is 18.7. The van der Waals surface area contributed by atoms with Gasteiger partial charge in [-0.05, 0) is 6.92 Å². The number of amides is 1. The molecule has 0 unspecified atom stereocenters. The number of rotatable bonds is 6. The molecule has 2 aromatic heterocycles. The fraction of sp³-hybridized carbons (Fsp3) is 0.562. The summed E-state index contributed by atoms with van der Waals surface area (Å²) in [6, 6.07) is -0.00445. The maximum absolute atomic E-state index is 11.9. The molecular weight excluding hydrogens is 358 g/mol. The average molecular weight is 381 g/mol. The highest BCUT2D eigenvalue weighted by atomic mass is 32.2. The molecule has 0 bridgehead atoms. The van der Waals surface area contributed by atoms with Crippen LogP contribution in [-0.2, 0) is 25.9 Å². The molecule has 1 aliphatic rings. The number of ether oxygens (including phenoxy) is 1. The van der Waals surface area contributed by atoms with Gasteiger partial charge in [-0.1, -0.05) is 0 Å². The first-order valence-corrected chi connectivity index (χ1v) is 10.4. The summed E-state index contributed by atoms with van der Waals surface area (Å²) in [5.41, 5.74) is 1.21. The second-order valence-corrected chi connectivity index (χ2v) is 8.35. The summed E-state index contributed by atoms with van der Waals surface area (Å²) in [6.07, 6.45) is 6.26. The zero-order valence-electron chi connectivity index (χ0n) is 14.9. The molecule has 0 spiro atoms. The second-order valence-electron chi connectivity index (χ2n) is 6.37. The van der Waals surface area contributed by atoms with E-state index in [1.807, 2.05) is 6.92 Å². The number of morpholine rings is 1. The highest BCUT2D eigenvalue weighted by Crippen LogP contribution is 2.18. The summed E-state index contributed by atoms with van der Waals surface area (Å²) in [5, 5.41) is 6.91. The van der Waals surface area contributed by atoms with E-state index in [1.165, 1.54) is 10.7 Å². The van der Waals surface area contributed by atoms with E-state index < -0.39 is 9.84 Å². The minimum Gasteiger partial charge on any atom is -0.378 e. The summed E-state index contributed by atoms with van der Waals surface area (Å²) < 4.78 is 30.5. The molecule has 3 rings (SSSR count). The molecule has 1 amide bonds. The van der Waals surface area contributed by atoms with Crippen LogP contribution in [0.5, 0.6) is 0 Å². The van der Waals surface area contributed by atoms with Crippen LogP contribution in [0.4, 0.5) is 0 Å². The Kier molecular flexibility index (Phi) is 5.54. The molecule has 26 heavy (non-hydrogen) atoms. The van der Waals surface area contributed by atoms with E-state index in [4.69, 9.17) is 4.74 Å². The molecule has 1 saturated heterocycles. The lowest BCUT2D eigenvalue weighted by atomic mass is 10.1. The lowest BCUT2D eigenvalue weighted by Gasteiger charge is -2.35. The van der Waals surface area contributed by atoms with Gasteiger partial charge < -0.3 is 10.1 Å². The van der Waals surface area contributed by atoms with Crippen LogP contribution in [0.2, 0.25) is 0 Å². The van der Waals surface area contributed by atoms with Crippen LogP contribution in [0, 0.1) is 0 Å². The van der Waals surface area contributed by atoms with Gasteiger partial charge in [0, 0.05) is 56.3 Å². The smallest absolute Gasteiger partial charge is 0.221 e. The number of aromatic nitrogens is 3. The van der Waals surface area contributed by atoms with Crippen LogP contribution >= 0.6 is 0 Å². The van der Waals surface area contributed by atoms with Gasteiger partial charge in [-0.15, -0.1) is 0 Å². The number of hydrogen-bond acceptors (Lipinski definition) is 7. The molecule has 2 aromatic rings. The number of sulfone groups is 1. The number of hydrogen-bond donors (Lipinski definition) is 1. The Labute approximate surface area is 152 Å². The van der Waals surface area contributed by atoms with Gasteiger partial charge in [-0.25, -0.2) is 17.9 Å². The van der Waals surface area contributed by atoms with E-state index >= 15 is 0 Å². The van der Waals surface area contributed by atoms with Crippen LogP contribution in [-0.4, -0.2) is 72.4 Å².